The molecule has 0 saturated heterocycles. The molecule has 0 bridgehead atoms. The molecule has 6 aromatic carbocycles. The van der Waals surface area contributed by atoms with Gasteiger partial charge in [0.2, 0.25) is 0 Å². The molecule has 12 heteroatoms. The minimum absolute atomic E-state index is 0.116. The van der Waals surface area contributed by atoms with Gasteiger partial charge in [-0.3, -0.25) is 19.0 Å². The van der Waals surface area contributed by atoms with Gasteiger partial charge in [0, 0.05) is 33.9 Å². The largest absolute Gasteiger partial charge is 0.322 e. The van der Waals surface area contributed by atoms with Crippen molar-refractivity contribution >= 4 is 54.6 Å². The number of rotatable bonds is 11. The molecule has 10 nitrogen and oxygen atoms in total. The molecule has 0 saturated carbocycles. The first-order valence-corrected chi connectivity index (χ1v) is 19.0. The van der Waals surface area contributed by atoms with Gasteiger partial charge >= 0.3 is 0 Å². The van der Waals surface area contributed by atoms with Crippen molar-refractivity contribution in [1.29, 1.82) is 0 Å². The Morgan fingerprint density at radius 3 is 1.19 bits per heavy atom. The van der Waals surface area contributed by atoms with Gasteiger partial charge in [-0.2, -0.15) is 0 Å². The second-order valence-electron chi connectivity index (χ2n) is 12.0. The first-order valence-electron chi connectivity index (χ1n) is 16.1. The van der Waals surface area contributed by atoms with Crippen LogP contribution in [0.3, 0.4) is 0 Å². The van der Waals surface area contributed by atoms with Crippen LogP contribution < -0.4 is 20.1 Å². The second-order valence-corrected chi connectivity index (χ2v) is 15.3. The van der Waals surface area contributed by atoms with Crippen LogP contribution in [0.4, 0.5) is 22.7 Å². The Bertz CT molecular complexity index is 2330. The molecule has 0 unspecified atom stereocenters. The maximum atomic E-state index is 13.2. The van der Waals surface area contributed by atoms with Gasteiger partial charge < -0.3 is 10.6 Å². The lowest BCUT2D eigenvalue weighted by Crippen LogP contribution is -2.15. The van der Waals surface area contributed by atoms with Crippen molar-refractivity contribution in [2.45, 2.75) is 23.6 Å². The Kier molecular flexibility index (Phi) is 10.2. The predicted molar refractivity (Wildman–Crippen MR) is 205 cm³/mol. The standard InChI is InChI=1S/C40H34N4O6S2/c1-27-23-29(19-21-37(27)41-39(45)31-11-9-13-33(25-31)43-51(47,48)35-15-5-3-6-16-35)30-20-22-38(28(2)24-30)42-40(46)32-12-10-14-34(26-32)44-52(49,50)36-17-7-4-8-18-36/h3-26,43-44H,1-2H3,(H,41,45)(H,42,46). The lowest BCUT2D eigenvalue weighted by molar-refractivity contribution is 0.101. The molecule has 4 N–H and O–H groups in total. The maximum absolute atomic E-state index is 13.2. The fraction of sp³-hybridized carbons (Fsp3) is 0.0500. The zero-order chi connectivity index (χ0) is 36.9. The van der Waals surface area contributed by atoms with Gasteiger partial charge in [0.15, 0.2) is 0 Å². The smallest absolute Gasteiger partial charge is 0.261 e. The van der Waals surface area contributed by atoms with E-state index in [9.17, 15) is 26.4 Å². The molecule has 0 aliphatic carbocycles. The van der Waals surface area contributed by atoms with E-state index in [4.69, 9.17) is 0 Å². The number of hydrogen-bond acceptors (Lipinski definition) is 6. The highest BCUT2D eigenvalue weighted by Gasteiger charge is 2.17. The zero-order valence-electron chi connectivity index (χ0n) is 28.1. The third kappa shape index (κ3) is 8.37. The van der Waals surface area contributed by atoms with Crippen LogP contribution in [-0.2, 0) is 20.0 Å². The van der Waals surface area contributed by atoms with Crippen molar-refractivity contribution in [3.63, 3.8) is 0 Å². The van der Waals surface area contributed by atoms with Crippen molar-refractivity contribution in [1.82, 2.24) is 0 Å². The molecule has 0 radical (unpaired) electrons. The number of nitrogens with one attached hydrogen (secondary N) is 4. The lowest BCUT2D eigenvalue weighted by Gasteiger charge is -2.14. The van der Waals surface area contributed by atoms with Crippen molar-refractivity contribution in [3.8, 4) is 11.1 Å². The van der Waals surface area contributed by atoms with Gasteiger partial charge in [-0.15, -0.1) is 0 Å². The Labute approximate surface area is 302 Å². The highest BCUT2D eigenvalue weighted by atomic mass is 32.2. The Morgan fingerprint density at radius 1 is 0.442 bits per heavy atom. The first kappa shape index (κ1) is 35.6. The van der Waals surface area contributed by atoms with E-state index in [-0.39, 0.29) is 32.3 Å². The van der Waals surface area contributed by atoms with E-state index in [1.165, 1.54) is 36.4 Å². The maximum Gasteiger partial charge on any atom is 0.261 e. The monoisotopic (exact) mass is 730 g/mol. The molecule has 262 valence electrons. The summed E-state index contributed by atoms with van der Waals surface area (Å²) in [6, 6.07) is 39.7. The molecule has 0 aliphatic rings. The Morgan fingerprint density at radius 2 is 0.827 bits per heavy atom. The molecule has 6 rings (SSSR count). The second kappa shape index (κ2) is 14.9. The highest BCUT2D eigenvalue weighted by Crippen LogP contribution is 2.29. The summed E-state index contributed by atoms with van der Waals surface area (Å²) in [4.78, 5) is 26.6. The minimum Gasteiger partial charge on any atom is -0.322 e. The molecule has 0 atom stereocenters. The number of hydrogen-bond donors (Lipinski definition) is 4. The van der Waals surface area contributed by atoms with Gasteiger partial charge in [0.1, 0.15) is 0 Å². The van der Waals surface area contributed by atoms with Crippen LogP contribution in [0, 0.1) is 13.8 Å². The van der Waals surface area contributed by atoms with Crippen LogP contribution in [0.5, 0.6) is 0 Å². The first-order chi connectivity index (χ1) is 24.9. The van der Waals surface area contributed by atoms with Crippen LogP contribution in [0.1, 0.15) is 31.8 Å². The van der Waals surface area contributed by atoms with E-state index < -0.39 is 31.9 Å². The summed E-state index contributed by atoms with van der Waals surface area (Å²) < 4.78 is 56.0. The fourth-order valence-electron chi connectivity index (χ4n) is 5.43. The molecule has 0 heterocycles. The molecule has 0 fully saturated rings. The number of anilines is 4. The van der Waals surface area contributed by atoms with Crippen LogP contribution in [0.15, 0.2) is 155 Å². The summed E-state index contributed by atoms with van der Waals surface area (Å²) in [5, 5.41) is 5.82. The molecular weight excluding hydrogens is 697 g/mol. The zero-order valence-corrected chi connectivity index (χ0v) is 29.8. The van der Waals surface area contributed by atoms with E-state index in [0.29, 0.717) is 11.4 Å². The molecular formula is C40H34N4O6S2. The van der Waals surface area contributed by atoms with Crippen LogP contribution in [0.25, 0.3) is 11.1 Å². The van der Waals surface area contributed by atoms with E-state index in [2.05, 4.69) is 20.1 Å². The molecule has 2 amide bonds. The van der Waals surface area contributed by atoms with E-state index in [1.54, 1.807) is 84.9 Å². The average Bonchev–Trinajstić information content (AvgIpc) is 3.14. The van der Waals surface area contributed by atoms with Gasteiger partial charge in [-0.1, -0.05) is 60.7 Å². The number of amides is 2. The number of aryl methyl sites for hydroxylation is 2. The third-order valence-electron chi connectivity index (χ3n) is 8.14. The molecule has 6 aromatic rings. The third-order valence-corrected chi connectivity index (χ3v) is 10.9. The summed E-state index contributed by atoms with van der Waals surface area (Å²) >= 11 is 0. The molecule has 0 aliphatic heterocycles. The van der Waals surface area contributed by atoms with Crippen LogP contribution in [-0.4, -0.2) is 28.6 Å². The quantitative estimate of drug-likeness (QED) is 0.106. The number of sulfonamides is 2. The Balaban J connectivity index is 1.11. The van der Waals surface area contributed by atoms with Crippen molar-refractivity contribution in [2.75, 3.05) is 20.1 Å². The van der Waals surface area contributed by atoms with Gasteiger partial charge in [0.05, 0.1) is 9.79 Å². The summed E-state index contributed by atoms with van der Waals surface area (Å²) in [6.07, 6.45) is 0. The van der Waals surface area contributed by atoms with Crippen LogP contribution >= 0.6 is 0 Å². The molecule has 0 aromatic heterocycles. The molecule has 52 heavy (non-hydrogen) atoms. The predicted octanol–water partition coefficient (Wildman–Crippen LogP) is 8.08. The van der Waals surface area contributed by atoms with E-state index in [0.717, 1.165) is 22.3 Å². The SMILES string of the molecule is Cc1cc(-c2ccc(NC(=O)c3cccc(NS(=O)(=O)c4ccccc4)c3)c(C)c2)ccc1NC(=O)c1cccc(NS(=O)(=O)c2ccccc2)c1. The van der Waals surface area contributed by atoms with Crippen LogP contribution in [0.2, 0.25) is 0 Å². The highest BCUT2D eigenvalue weighted by molar-refractivity contribution is 7.93. The van der Waals surface area contributed by atoms with E-state index in [1.807, 2.05) is 38.1 Å². The van der Waals surface area contributed by atoms with Crippen molar-refractivity contribution in [2.24, 2.45) is 0 Å². The van der Waals surface area contributed by atoms with Crippen molar-refractivity contribution < 1.29 is 26.4 Å². The topological polar surface area (TPSA) is 151 Å². The number of carbonyl (C=O) groups excluding carboxylic acids is 2. The normalized spacial score (nSPS) is 11.3. The summed E-state index contributed by atoms with van der Waals surface area (Å²) in [6.45, 7) is 3.75. The van der Waals surface area contributed by atoms with Gasteiger partial charge in [0.25, 0.3) is 31.9 Å². The summed E-state index contributed by atoms with van der Waals surface area (Å²) in [7, 11) is -7.63. The van der Waals surface area contributed by atoms with Gasteiger partial charge in [-0.05, 0) is 121 Å². The minimum atomic E-state index is -3.82. The number of carbonyl (C=O) groups is 2. The van der Waals surface area contributed by atoms with E-state index >= 15 is 0 Å². The van der Waals surface area contributed by atoms with Crippen molar-refractivity contribution in [3.05, 3.63) is 168 Å². The summed E-state index contributed by atoms with van der Waals surface area (Å²) in [5.74, 6) is -0.793. The molecule has 0 spiro atoms. The summed E-state index contributed by atoms with van der Waals surface area (Å²) in [5.41, 5.74) is 5.69. The average molecular weight is 731 g/mol. The number of benzene rings is 6. The fourth-order valence-corrected chi connectivity index (χ4v) is 7.57. The van der Waals surface area contributed by atoms with Gasteiger partial charge in [-0.25, -0.2) is 16.8 Å². The Hall–Kier alpha value is -6.24. The lowest BCUT2D eigenvalue weighted by atomic mass is 9.99.